The molecular formula is C15H21N5O2S. The minimum atomic E-state index is -0.0738. The smallest absolute Gasteiger partial charge is 0.317 e. The summed E-state index contributed by atoms with van der Waals surface area (Å²) in [6.45, 7) is 7.46. The number of nitrogens with one attached hydrogen (secondary N) is 1. The Morgan fingerprint density at radius 2 is 2.22 bits per heavy atom. The average molecular weight is 335 g/mol. The van der Waals surface area contributed by atoms with Crippen LogP contribution in [-0.2, 0) is 6.54 Å². The molecule has 0 bridgehead atoms. The third-order valence-electron chi connectivity index (χ3n) is 4.14. The fraction of sp³-hybridized carbons (Fsp3) is 0.533. The second-order valence-electron chi connectivity index (χ2n) is 5.64. The number of carbonyl (C=O) groups excluding carboxylic acids is 1. The lowest BCUT2D eigenvalue weighted by molar-refractivity contribution is 0.114. The van der Waals surface area contributed by atoms with Gasteiger partial charge in [-0.3, -0.25) is 4.90 Å². The van der Waals surface area contributed by atoms with E-state index in [1.54, 1.807) is 18.3 Å². The van der Waals surface area contributed by atoms with Gasteiger partial charge in [0.15, 0.2) is 5.82 Å². The van der Waals surface area contributed by atoms with Gasteiger partial charge in [0.1, 0.15) is 0 Å². The van der Waals surface area contributed by atoms with Gasteiger partial charge >= 0.3 is 6.03 Å². The van der Waals surface area contributed by atoms with Crippen LogP contribution in [0.1, 0.15) is 30.2 Å². The number of nitrogens with zero attached hydrogens (tertiary/aromatic N) is 4. The predicted octanol–water partition coefficient (Wildman–Crippen LogP) is 2.03. The summed E-state index contributed by atoms with van der Waals surface area (Å²) in [5.41, 5.74) is 1.35. The van der Waals surface area contributed by atoms with E-state index in [9.17, 15) is 4.79 Å². The molecule has 2 aromatic heterocycles. The van der Waals surface area contributed by atoms with Gasteiger partial charge in [-0.2, -0.15) is 16.3 Å². The molecule has 0 saturated carbocycles. The number of thiophene rings is 1. The molecule has 124 valence electrons. The number of aryl methyl sites for hydroxylation is 1. The molecule has 8 heteroatoms. The Bertz CT molecular complexity index is 634. The Kier molecular flexibility index (Phi) is 4.92. The molecule has 3 rings (SSSR count). The van der Waals surface area contributed by atoms with Crippen LogP contribution >= 0.6 is 11.3 Å². The molecular weight excluding hydrogens is 314 g/mol. The SMILES string of the molecule is Cc1nc(CNC(=O)N2CCN([C@@H](C)c3ccsc3)CC2)no1. The monoisotopic (exact) mass is 335 g/mol. The van der Waals surface area contributed by atoms with Gasteiger partial charge in [-0.25, -0.2) is 4.79 Å². The highest BCUT2D eigenvalue weighted by Gasteiger charge is 2.24. The van der Waals surface area contributed by atoms with Gasteiger partial charge in [0.25, 0.3) is 0 Å². The van der Waals surface area contributed by atoms with Crippen LogP contribution in [0.2, 0.25) is 0 Å². The van der Waals surface area contributed by atoms with E-state index in [1.165, 1.54) is 5.56 Å². The lowest BCUT2D eigenvalue weighted by atomic mass is 10.1. The minimum absolute atomic E-state index is 0.0738. The number of hydrogen-bond acceptors (Lipinski definition) is 6. The Labute approximate surface area is 139 Å². The molecule has 23 heavy (non-hydrogen) atoms. The molecule has 1 aliphatic rings. The standard InChI is InChI=1S/C15H21N5O2S/c1-11(13-3-8-23-10-13)19-4-6-20(7-5-19)15(21)16-9-14-17-12(2)22-18-14/h3,8,10-11H,4-7,9H2,1-2H3,(H,16,21)/t11-/m0/s1. The van der Waals surface area contributed by atoms with E-state index in [-0.39, 0.29) is 6.03 Å². The van der Waals surface area contributed by atoms with Crippen molar-refractivity contribution in [2.75, 3.05) is 26.2 Å². The van der Waals surface area contributed by atoms with Gasteiger partial charge in [-0.05, 0) is 29.3 Å². The fourth-order valence-electron chi connectivity index (χ4n) is 2.72. The van der Waals surface area contributed by atoms with Gasteiger partial charge in [0.05, 0.1) is 6.54 Å². The van der Waals surface area contributed by atoms with Gasteiger partial charge < -0.3 is 14.7 Å². The van der Waals surface area contributed by atoms with Crippen molar-refractivity contribution in [3.8, 4) is 0 Å². The maximum absolute atomic E-state index is 12.2. The molecule has 1 fully saturated rings. The lowest BCUT2D eigenvalue weighted by Crippen LogP contribution is -2.52. The minimum Gasteiger partial charge on any atom is -0.340 e. The molecule has 1 aliphatic heterocycles. The first-order valence-electron chi connectivity index (χ1n) is 7.71. The van der Waals surface area contributed by atoms with Crippen LogP contribution in [0.15, 0.2) is 21.3 Å². The molecule has 2 aromatic rings. The number of amides is 2. The summed E-state index contributed by atoms with van der Waals surface area (Å²) in [5.74, 6) is 1.01. The zero-order valence-electron chi connectivity index (χ0n) is 13.4. The second kappa shape index (κ2) is 7.10. The topological polar surface area (TPSA) is 74.5 Å². The predicted molar refractivity (Wildman–Crippen MR) is 87.2 cm³/mol. The fourth-order valence-corrected chi connectivity index (χ4v) is 3.46. The maximum atomic E-state index is 12.2. The Morgan fingerprint density at radius 3 is 2.83 bits per heavy atom. The third kappa shape index (κ3) is 3.89. The summed E-state index contributed by atoms with van der Waals surface area (Å²) in [4.78, 5) is 20.5. The Hall–Kier alpha value is -1.93. The number of piperazine rings is 1. The number of rotatable bonds is 4. The lowest BCUT2D eigenvalue weighted by Gasteiger charge is -2.37. The second-order valence-corrected chi connectivity index (χ2v) is 6.42. The van der Waals surface area contributed by atoms with Crippen molar-refractivity contribution in [2.24, 2.45) is 0 Å². The zero-order valence-corrected chi connectivity index (χ0v) is 14.2. The van der Waals surface area contributed by atoms with Crippen molar-refractivity contribution >= 4 is 17.4 Å². The van der Waals surface area contributed by atoms with E-state index in [0.717, 1.165) is 26.2 Å². The van der Waals surface area contributed by atoms with Crippen LogP contribution in [0.4, 0.5) is 4.79 Å². The van der Waals surface area contributed by atoms with Crippen molar-refractivity contribution in [1.82, 2.24) is 25.3 Å². The molecule has 1 saturated heterocycles. The summed E-state index contributed by atoms with van der Waals surface area (Å²) in [7, 11) is 0. The summed E-state index contributed by atoms with van der Waals surface area (Å²) in [6.07, 6.45) is 0. The van der Waals surface area contributed by atoms with E-state index < -0.39 is 0 Å². The number of aromatic nitrogens is 2. The number of hydrogen-bond donors (Lipinski definition) is 1. The largest absolute Gasteiger partial charge is 0.340 e. The normalized spacial score (nSPS) is 17.2. The van der Waals surface area contributed by atoms with E-state index in [1.807, 2.05) is 4.90 Å². The molecule has 2 amide bonds. The summed E-state index contributed by atoms with van der Waals surface area (Å²) in [5, 5.41) is 10.9. The molecule has 3 heterocycles. The van der Waals surface area contributed by atoms with E-state index in [0.29, 0.717) is 24.3 Å². The third-order valence-corrected chi connectivity index (χ3v) is 4.84. The van der Waals surface area contributed by atoms with Crippen LogP contribution in [-0.4, -0.2) is 52.2 Å². The van der Waals surface area contributed by atoms with Crippen LogP contribution in [0.3, 0.4) is 0 Å². The van der Waals surface area contributed by atoms with Crippen LogP contribution in [0.5, 0.6) is 0 Å². The van der Waals surface area contributed by atoms with Crippen molar-refractivity contribution < 1.29 is 9.32 Å². The van der Waals surface area contributed by atoms with Crippen molar-refractivity contribution in [1.29, 1.82) is 0 Å². The van der Waals surface area contributed by atoms with Crippen molar-refractivity contribution in [2.45, 2.75) is 26.4 Å². The number of urea groups is 1. The first-order valence-corrected chi connectivity index (χ1v) is 8.66. The summed E-state index contributed by atoms with van der Waals surface area (Å²) >= 11 is 1.72. The molecule has 0 aromatic carbocycles. The van der Waals surface area contributed by atoms with Gasteiger partial charge in [-0.1, -0.05) is 5.16 Å². The van der Waals surface area contributed by atoms with Gasteiger partial charge in [0.2, 0.25) is 5.89 Å². The summed E-state index contributed by atoms with van der Waals surface area (Å²) < 4.78 is 4.89. The zero-order chi connectivity index (χ0) is 16.2. The van der Waals surface area contributed by atoms with Gasteiger partial charge in [0, 0.05) is 39.1 Å². The highest BCUT2D eigenvalue weighted by atomic mass is 32.1. The Balaban J connectivity index is 1.45. The van der Waals surface area contributed by atoms with Crippen LogP contribution in [0.25, 0.3) is 0 Å². The van der Waals surface area contributed by atoms with Gasteiger partial charge in [-0.15, -0.1) is 0 Å². The van der Waals surface area contributed by atoms with E-state index >= 15 is 0 Å². The molecule has 0 radical (unpaired) electrons. The average Bonchev–Trinajstić information content (AvgIpc) is 3.24. The maximum Gasteiger partial charge on any atom is 0.317 e. The quantitative estimate of drug-likeness (QED) is 0.925. The highest BCUT2D eigenvalue weighted by molar-refractivity contribution is 7.07. The Morgan fingerprint density at radius 1 is 1.43 bits per heavy atom. The number of carbonyl (C=O) groups is 1. The first kappa shape index (κ1) is 15.9. The molecule has 0 unspecified atom stereocenters. The molecule has 1 atom stereocenters. The molecule has 7 nitrogen and oxygen atoms in total. The van der Waals surface area contributed by atoms with Crippen LogP contribution < -0.4 is 5.32 Å². The molecule has 0 spiro atoms. The van der Waals surface area contributed by atoms with E-state index in [2.05, 4.69) is 44.1 Å². The van der Waals surface area contributed by atoms with Crippen LogP contribution in [0, 0.1) is 6.92 Å². The first-order chi connectivity index (χ1) is 11.1. The van der Waals surface area contributed by atoms with Crippen molar-refractivity contribution in [3.63, 3.8) is 0 Å². The van der Waals surface area contributed by atoms with Crippen molar-refractivity contribution in [3.05, 3.63) is 34.1 Å². The molecule has 1 N–H and O–H groups in total. The highest BCUT2D eigenvalue weighted by Crippen LogP contribution is 2.23. The summed E-state index contributed by atoms with van der Waals surface area (Å²) in [6, 6.07) is 2.49. The van der Waals surface area contributed by atoms with E-state index in [4.69, 9.17) is 4.52 Å². The molecule has 0 aliphatic carbocycles.